The Morgan fingerprint density at radius 1 is 1.23 bits per heavy atom. The second-order valence-corrected chi connectivity index (χ2v) is 9.36. The largest absolute Gasteiger partial charge is 0.476 e. The molecule has 1 aromatic heterocycles. The highest BCUT2D eigenvalue weighted by molar-refractivity contribution is 7.91. The molecule has 7 nitrogen and oxygen atoms in total. The highest BCUT2D eigenvalue weighted by Gasteiger charge is 2.30. The number of nitrogens with zero attached hydrogens (tertiary/aromatic N) is 1. The molecule has 168 valence electrons. The van der Waals surface area contributed by atoms with Gasteiger partial charge >= 0.3 is 12.2 Å². The molecule has 0 unspecified atom stereocenters. The number of hydrogen-bond acceptors (Lipinski definition) is 5. The molecule has 0 radical (unpaired) electrons. The van der Waals surface area contributed by atoms with Gasteiger partial charge in [0.25, 0.3) is 0 Å². The fourth-order valence-corrected chi connectivity index (χ4v) is 4.02. The lowest BCUT2D eigenvalue weighted by Gasteiger charge is -2.14. The first-order valence-electron chi connectivity index (χ1n) is 9.69. The van der Waals surface area contributed by atoms with Crippen molar-refractivity contribution in [3.05, 3.63) is 42.1 Å². The summed E-state index contributed by atoms with van der Waals surface area (Å²) < 4.78 is 68.9. The highest BCUT2D eigenvalue weighted by Crippen LogP contribution is 2.33. The minimum atomic E-state index is -4.55. The van der Waals surface area contributed by atoms with E-state index in [-0.39, 0.29) is 27.9 Å². The van der Waals surface area contributed by atoms with Crippen LogP contribution in [0.15, 0.2) is 41.4 Å². The van der Waals surface area contributed by atoms with Crippen LogP contribution in [-0.2, 0) is 16.0 Å². The van der Waals surface area contributed by atoms with Crippen molar-refractivity contribution in [3.63, 3.8) is 0 Å². The van der Waals surface area contributed by atoms with Crippen LogP contribution in [-0.4, -0.2) is 31.8 Å². The van der Waals surface area contributed by atoms with Crippen LogP contribution in [0, 0.1) is 5.92 Å². The Morgan fingerprint density at radius 2 is 1.97 bits per heavy atom. The summed E-state index contributed by atoms with van der Waals surface area (Å²) in [7, 11) is -3.60. The quantitative estimate of drug-likeness (QED) is 0.598. The van der Waals surface area contributed by atoms with E-state index in [1.807, 2.05) is 0 Å². The van der Waals surface area contributed by atoms with Crippen LogP contribution < -0.4 is 15.4 Å². The van der Waals surface area contributed by atoms with Crippen LogP contribution in [0.5, 0.6) is 5.88 Å². The van der Waals surface area contributed by atoms with Gasteiger partial charge in [-0.3, -0.25) is 0 Å². The Bertz CT molecular complexity index is 1050. The Morgan fingerprint density at radius 3 is 2.61 bits per heavy atom. The molecule has 0 saturated heterocycles. The van der Waals surface area contributed by atoms with Gasteiger partial charge in [0, 0.05) is 11.9 Å². The second kappa shape index (κ2) is 9.13. The minimum Gasteiger partial charge on any atom is -0.476 e. The number of carbonyl (C=O) groups excluding carboxylic acids is 1. The van der Waals surface area contributed by atoms with Crippen molar-refractivity contribution in [2.45, 2.75) is 37.3 Å². The molecular formula is C20H22F3N3O4S. The Balaban J connectivity index is 1.81. The molecule has 0 spiro atoms. The maximum absolute atomic E-state index is 12.9. The minimum absolute atomic E-state index is 0.0160. The van der Waals surface area contributed by atoms with Gasteiger partial charge in [0.1, 0.15) is 5.69 Å². The summed E-state index contributed by atoms with van der Waals surface area (Å²) in [6.45, 7) is 2.09. The number of benzene rings is 1. The fraction of sp³-hybridized carbons (Fsp3) is 0.400. The average molecular weight is 457 g/mol. The summed E-state index contributed by atoms with van der Waals surface area (Å²) in [5.41, 5.74) is -0.967. The van der Waals surface area contributed by atoms with Gasteiger partial charge in [-0.25, -0.2) is 18.2 Å². The van der Waals surface area contributed by atoms with E-state index in [0.717, 1.165) is 25.0 Å². The third-order valence-corrected chi connectivity index (χ3v) is 6.39. The van der Waals surface area contributed by atoms with Crippen LogP contribution in [0.1, 0.15) is 31.7 Å². The molecule has 31 heavy (non-hydrogen) atoms. The van der Waals surface area contributed by atoms with Crippen molar-refractivity contribution in [2.24, 2.45) is 5.92 Å². The molecule has 1 aromatic carbocycles. The molecule has 1 saturated carbocycles. The van der Waals surface area contributed by atoms with E-state index in [1.165, 1.54) is 24.4 Å². The maximum atomic E-state index is 12.9. The molecule has 11 heteroatoms. The van der Waals surface area contributed by atoms with Crippen molar-refractivity contribution in [1.82, 2.24) is 4.98 Å². The number of alkyl halides is 3. The summed E-state index contributed by atoms with van der Waals surface area (Å²) >= 11 is 0. The van der Waals surface area contributed by atoms with Gasteiger partial charge < -0.3 is 15.4 Å². The number of amides is 2. The van der Waals surface area contributed by atoms with E-state index < -0.39 is 27.6 Å². The molecule has 0 atom stereocenters. The van der Waals surface area contributed by atoms with Gasteiger partial charge in [-0.1, -0.05) is 13.0 Å². The third kappa shape index (κ3) is 6.33. The SMILES string of the molecule is CCCS(=O)(=O)c1cnc(OCC2CC2)c(NC(=O)Nc2cccc(C(F)(F)F)c2)c1. The lowest BCUT2D eigenvalue weighted by Crippen LogP contribution is -2.21. The number of aromatic nitrogens is 1. The number of urea groups is 1. The first-order valence-corrected chi connectivity index (χ1v) is 11.3. The number of halogens is 3. The van der Waals surface area contributed by atoms with Crippen molar-refractivity contribution in [1.29, 1.82) is 0 Å². The number of hydrogen-bond donors (Lipinski definition) is 2. The van der Waals surface area contributed by atoms with Crippen LogP contribution in [0.25, 0.3) is 0 Å². The standard InChI is InChI=1S/C20H22F3N3O4S/c1-2-8-31(28,29)16-10-17(18(24-11-16)30-12-13-6-7-13)26-19(27)25-15-5-3-4-14(9-15)20(21,22)23/h3-5,9-11,13H,2,6-8,12H2,1H3,(H2,25,26,27). The Kier molecular flexibility index (Phi) is 6.73. The van der Waals surface area contributed by atoms with E-state index in [4.69, 9.17) is 4.74 Å². The molecule has 0 bridgehead atoms. The van der Waals surface area contributed by atoms with Gasteiger partial charge in [-0.2, -0.15) is 13.2 Å². The zero-order valence-electron chi connectivity index (χ0n) is 16.7. The topological polar surface area (TPSA) is 97.4 Å². The molecular weight excluding hydrogens is 435 g/mol. The third-order valence-electron chi connectivity index (χ3n) is 4.51. The van der Waals surface area contributed by atoms with E-state index >= 15 is 0 Å². The van der Waals surface area contributed by atoms with Crippen molar-refractivity contribution < 1.29 is 31.1 Å². The number of pyridine rings is 1. The molecule has 1 fully saturated rings. The number of ether oxygens (including phenoxy) is 1. The molecule has 2 amide bonds. The zero-order valence-corrected chi connectivity index (χ0v) is 17.5. The lowest BCUT2D eigenvalue weighted by atomic mass is 10.2. The van der Waals surface area contributed by atoms with Gasteiger partial charge in [0.15, 0.2) is 9.84 Å². The van der Waals surface area contributed by atoms with Crippen LogP contribution in [0.3, 0.4) is 0 Å². The average Bonchev–Trinajstić information content (AvgIpc) is 3.51. The number of carbonyl (C=O) groups is 1. The summed E-state index contributed by atoms with van der Waals surface area (Å²) in [5, 5.41) is 4.74. The molecule has 3 rings (SSSR count). The van der Waals surface area contributed by atoms with Crippen LogP contribution in [0.2, 0.25) is 0 Å². The fourth-order valence-electron chi connectivity index (χ4n) is 2.73. The van der Waals surface area contributed by atoms with E-state index in [9.17, 15) is 26.4 Å². The predicted molar refractivity (Wildman–Crippen MR) is 109 cm³/mol. The predicted octanol–water partition coefficient (Wildman–Crippen LogP) is 4.72. The summed E-state index contributed by atoms with van der Waals surface area (Å²) in [4.78, 5) is 16.4. The number of sulfone groups is 1. The van der Waals surface area contributed by atoms with Gasteiger partial charge in [-0.05, 0) is 49.4 Å². The van der Waals surface area contributed by atoms with Crippen molar-refractivity contribution in [2.75, 3.05) is 23.0 Å². The van der Waals surface area contributed by atoms with E-state index in [2.05, 4.69) is 15.6 Å². The first kappa shape index (κ1) is 22.9. The lowest BCUT2D eigenvalue weighted by molar-refractivity contribution is -0.137. The monoisotopic (exact) mass is 457 g/mol. The second-order valence-electron chi connectivity index (χ2n) is 7.25. The molecule has 1 aliphatic rings. The van der Waals surface area contributed by atoms with Gasteiger partial charge in [0.05, 0.1) is 22.8 Å². The van der Waals surface area contributed by atoms with Crippen molar-refractivity contribution in [3.8, 4) is 5.88 Å². The molecule has 1 heterocycles. The molecule has 2 aromatic rings. The zero-order chi connectivity index (χ0) is 22.6. The number of nitrogens with one attached hydrogen (secondary N) is 2. The normalized spacial score (nSPS) is 14.2. The number of rotatable bonds is 8. The van der Waals surface area contributed by atoms with Crippen molar-refractivity contribution >= 4 is 27.2 Å². The van der Waals surface area contributed by atoms with Gasteiger partial charge in [0.2, 0.25) is 5.88 Å². The number of anilines is 2. The Hall–Kier alpha value is -2.82. The highest BCUT2D eigenvalue weighted by atomic mass is 32.2. The van der Waals surface area contributed by atoms with E-state index in [0.29, 0.717) is 18.9 Å². The molecule has 2 N–H and O–H groups in total. The van der Waals surface area contributed by atoms with Crippen LogP contribution >= 0.6 is 0 Å². The molecule has 0 aliphatic heterocycles. The molecule has 1 aliphatic carbocycles. The Labute approximate surface area is 177 Å². The van der Waals surface area contributed by atoms with Crippen LogP contribution in [0.4, 0.5) is 29.3 Å². The maximum Gasteiger partial charge on any atom is 0.416 e. The van der Waals surface area contributed by atoms with Gasteiger partial charge in [-0.15, -0.1) is 0 Å². The summed E-state index contributed by atoms with van der Waals surface area (Å²) in [6.07, 6.45) is -0.947. The summed E-state index contributed by atoms with van der Waals surface area (Å²) in [6, 6.07) is 4.54. The summed E-state index contributed by atoms with van der Waals surface area (Å²) in [5.74, 6) is 0.339. The van der Waals surface area contributed by atoms with E-state index in [1.54, 1.807) is 6.92 Å². The smallest absolute Gasteiger partial charge is 0.416 e. The first-order chi connectivity index (χ1) is 14.6.